The monoisotopic (exact) mass is 441 g/mol. The molecule has 0 radical (unpaired) electrons. The van der Waals surface area contributed by atoms with Crippen molar-refractivity contribution in [2.75, 3.05) is 39.0 Å². The quantitative estimate of drug-likeness (QED) is 0.504. The van der Waals surface area contributed by atoms with Crippen molar-refractivity contribution >= 4 is 23.4 Å². The van der Waals surface area contributed by atoms with Crippen molar-refractivity contribution in [1.82, 2.24) is 14.8 Å². The molecule has 2 heterocycles. The minimum atomic E-state index is -0.572. The maximum Gasteiger partial charge on any atom is 0.343 e. The molecule has 0 spiro atoms. The van der Waals surface area contributed by atoms with Crippen LogP contribution >= 0.6 is 0 Å². The van der Waals surface area contributed by atoms with E-state index in [0.29, 0.717) is 34.3 Å². The molecule has 0 atom stereocenters. The number of carbonyl (C=O) groups excluding carboxylic acids is 2. The molecule has 0 fully saturated rings. The van der Waals surface area contributed by atoms with E-state index in [-0.39, 0.29) is 18.0 Å². The second-order valence-corrected chi connectivity index (χ2v) is 6.35. The number of rotatable bonds is 8. The molecule has 3 rings (SSSR count). The number of anilines is 2. The fraction of sp³-hybridized carbons (Fsp3) is 0.238. The Morgan fingerprint density at radius 3 is 2.28 bits per heavy atom. The minimum Gasteiger partial charge on any atom is -0.493 e. The van der Waals surface area contributed by atoms with Gasteiger partial charge in [-0.05, 0) is 19.1 Å². The van der Waals surface area contributed by atoms with Crippen molar-refractivity contribution < 1.29 is 28.5 Å². The lowest BCUT2D eigenvalue weighted by molar-refractivity contribution is 0.0527. The maximum absolute atomic E-state index is 12.7. The summed E-state index contributed by atoms with van der Waals surface area (Å²) in [5.74, 6) is 0.673. The molecule has 0 aliphatic heterocycles. The molecule has 1 aromatic carbocycles. The molecule has 32 heavy (non-hydrogen) atoms. The van der Waals surface area contributed by atoms with Gasteiger partial charge in [-0.25, -0.2) is 9.78 Å². The van der Waals surface area contributed by atoms with Gasteiger partial charge in [0.2, 0.25) is 5.75 Å². The van der Waals surface area contributed by atoms with Gasteiger partial charge in [-0.15, -0.1) is 0 Å². The number of nitrogens with two attached hydrogens (primary N) is 1. The number of methoxy groups -OCH3 is 3. The van der Waals surface area contributed by atoms with Crippen molar-refractivity contribution in [2.45, 2.75) is 6.92 Å². The summed E-state index contributed by atoms with van der Waals surface area (Å²) in [5, 5.41) is 6.83. The van der Waals surface area contributed by atoms with Crippen LogP contribution in [0.2, 0.25) is 0 Å². The number of aromatic nitrogens is 3. The summed E-state index contributed by atoms with van der Waals surface area (Å²) < 4.78 is 22.1. The second kappa shape index (κ2) is 9.69. The highest BCUT2D eigenvalue weighted by Gasteiger charge is 2.19. The average Bonchev–Trinajstić information content (AvgIpc) is 3.19. The van der Waals surface area contributed by atoms with Gasteiger partial charge in [-0.2, -0.15) is 9.78 Å². The Kier molecular flexibility index (Phi) is 6.78. The topological polar surface area (TPSA) is 140 Å². The van der Waals surface area contributed by atoms with Gasteiger partial charge in [0.1, 0.15) is 11.4 Å². The fourth-order valence-electron chi connectivity index (χ4n) is 2.91. The Bertz CT molecular complexity index is 1100. The molecule has 0 saturated heterocycles. The van der Waals surface area contributed by atoms with E-state index in [1.54, 1.807) is 31.2 Å². The fourth-order valence-corrected chi connectivity index (χ4v) is 2.91. The van der Waals surface area contributed by atoms with E-state index in [1.165, 1.54) is 38.4 Å². The number of esters is 1. The van der Waals surface area contributed by atoms with E-state index < -0.39 is 11.9 Å². The first kappa shape index (κ1) is 22.4. The van der Waals surface area contributed by atoms with E-state index in [0.717, 1.165) is 0 Å². The van der Waals surface area contributed by atoms with Crippen molar-refractivity contribution in [1.29, 1.82) is 0 Å². The standard InChI is InChI=1S/C21H23N5O6/c1-5-32-21(28)14-11-24-26(19(14)22)17-7-6-12(10-23-17)20(27)25-13-8-15(29-2)18(31-4)16(9-13)30-3/h6-11H,5,22H2,1-4H3,(H,25,27). The van der Waals surface area contributed by atoms with Gasteiger partial charge in [-0.1, -0.05) is 0 Å². The molecule has 3 aromatic rings. The molecular formula is C21H23N5O6. The molecule has 0 bridgehead atoms. The predicted octanol–water partition coefficient (Wildman–Crippen LogP) is 2.30. The Morgan fingerprint density at radius 1 is 1.06 bits per heavy atom. The van der Waals surface area contributed by atoms with E-state index in [4.69, 9.17) is 24.7 Å². The summed E-state index contributed by atoms with van der Waals surface area (Å²) in [6, 6.07) is 6.34. The number of pyridine rings is 1. The van der Waals surface area contributed by atoms with Crippen LogP contribution in [0.25, 0.3) is 5.82 Å². The third-order valence-corrected chi connectivity index (χ3v) is 4.45. The van der Waals surface area contributed by atoms with Crippen LogP contribution < -0.4 is 25.3 Å². The number of nitrogens with zero attached hydrogens (tertiary/aromatic N) is 3. The number of hydrogen-bond donors (Lipinski definition) is 2. The van der Waals surface area contributed by atoms with Crippen LogP contribution in [0.4, 0.5) is 11.5 Å². The Balaban J connectivity index is 1.80. The van der Waals surface area contributed by atoms with Crippen molar-refractivity contribution in [3.63, 3.8) is 0 Å². The van der Waals surface area contributed by atoms with Gasteiger partial charge in [0.05, 0.1) is 39.7 Å². The SMILES string of the molecule is CCOC(=O)c1cnn(-c2ccc(C(=O)Nc3cc(OC)c(OC)c(OC)c3)cn2)c1N. The zero-order chi connectivity index (χ0) is 23.3. The lowest BCUT2D eigenvalue weighted by Crippen LogP contribution is -2.13. The number of benzene rings is 1. The first-order valence-electron chi connectivity index (χ1n) is 9.51. The van der Waals surface area contributed by atoms with Crippen LogP contribution in [0.3, 0.4) is 0 Å². The van der Waals surface area contributed by atoms with Crippen molar-refractivity contribution in [3.05, 3.63) is 47.8 Å². The first-order chi connectivity index (χ1) is 15.4. The summed E-state index contributed by atoms with van der Waals surface area (Å²) in [7, 11) is 4.47. The Labute approximate surface area is 184 Å². The highest BCUT2D eigenvalue weighted by atomic mass is 16.5. The van der Waals surface area contributed by atoms with Crippen LogP contribution in [0.15, 0.2) is 36.7 Å². The van der Waals surface area contributed by atoms with Crippen LogP contribution in [0.1, 0.15) is 27.6 Å². The van der Waals surface area contributed by atoms with Gasteiger partial charge >= 0.3 is 5.97 Å². The number of nitrogens with one attached hydrogen (secondary N) is 1. The summed E-state index contributed by atoms with van der Waals surface area (Å²) in [6.45, 7) is 1.92. The van der Waals surface area contributed by atoms with Gasteiger partial charge in [-0.3, -0.25) is 4.79 Å². The van der Waals surface area contributed by atoms with Gasteiger partial charge in [0.15, 0.2) is 17.3 Å². The molecular weight excluding hydrogens is 418 g/mol. The number of nitrogen functional groups attached to an aromatic ring is 1. The highest BCUT2D eigenvalue weighted by molar-refractivity contribution is 6.04. The summed E-state index contributed by atoms with van der Waals surface area (Å²) in [5.41, 5.74) is 6.87. The third-order valence-electron chi connectivity index (χ3n) is 4.45. The zero-order valence-corrected chi connectivity index (χ0v) is 18.0. The summed E-state index contributed by atoms with van der Waals surface area (Å²) >= 11 is 0. The lowest BCUT2D eigenvalue weighted by atomic mass is 10.2. The number of ether oxygens (including phenoxy) is 4. The molecule has 168 valence electrons. The molecule has 3 N–H and O–H groups in total. The molecule has 0 aliphatic carbocycles. The van der Waals surface area contributed by atoms with Crippen LogP contribution in [0, 0.1) is 0 Å². The van der Waals surface area contributed by atoms with Crippen LogP contribution in [-0.2, 0) is 4.74 Å². The Hall–Kier alpha value is -4.28. The third kappa shape index (κ3) is 4.41. The second-order valence-electron chi connectivity index (χ2n) is 6.35. The molecule has 11 nitrogen and oxygen atoms in total. The molecule has 2 aromatic heterocycles. The maximum atomic E-state index is 12.7. The molecule has 1 amide bonds. The van der Waals surface area contributed by atoms with E-state index in [9.17, 15) is 9.59 Å². The molecule has 0 unspecified atom stereocenters. The molecule has 0 saturated carbocycles. The van der Waals surface area contributed by atoms with Crippen LogP contribution in [-0.4, -0.2) is 54.6 Å². The minimum absolute atomic E-state index is 0.0885. The van der Waals surface area contributed by atoms with Crippen molar-refractivity contribution in [3.8, 4) is 23.1 Å². The normalized spacial score (nSPS) is 10.4. The predicted molar refractivity (Wildman–Crippen MR) is 116 cm³/mol. The number of carbonyl (C=O) groups is 2. The number of amides is 1. The molecule has 0 aliphatic rings. The van der Waals surface area contributed by atoms with E-state index in [2.05, 4.69) is 15.4 Å². The van der Waals surface area contributed by atoms with Gasteiger partial charge < -0.3 is 30.0 Å². The average molecular weight is 441 g/mol. The Morgan fingerprint density at radius 2 is 1.75 bits per heavy atom. The largest absolute Gasteiger partial charge is 0.493 e. The summed E-state index contributed by atoms with van der Waals surface area (Å²) in [4.78, 5) is 28.8. The molecule has 11 heteroatoms. The van der Waals surface area contributed by atoms with Gasteiger partial charge in [0.25, 0.3) is 5.91 Å². The van der Waals surface area contributed by atoms with Gasteiger partial charge in [0, 0.05) is 24.0 Å². The van der Waals surface area contributed by atoms with Crippen LogP contribution in [0.5, 0.6) is 17.2 Å². The first-order valence-corrected chi connectivity index (χ1v) is 9.51. The number of hydrogen-bond acceptors (Lipinski definition) is 9. The van der Waals surface area contributed by atoms with E-state index in [1.807, 2.05) is 0 Å². The van der Waals surface area contributed by atoms with Crippen molar-refractivity contribution in [2.24, 2.45) is 0 Å². The summed E-state index contributed by atoms with van der Waals surface area (Å²) in [6.07, 6.45) is 2.67. The lowest BCUT2D eigenvalue weighted by Gasteiger charge is -2.14. The smallest absolute Gasteiger partial charge is 0.343 e. The van der Waals surface area contributed by atoms with E-state index >= 15 is 0 Å². The zero-order valence-electron chi connectivity index (χ0n) is 18.0. The highest BCUT2D eigenvalue weighted by Crippen LogP contribution is 2.40.